The summed E-state index contributed by atoms with van der Waals surface area (Å²) in [7, 11) is 0. The number of hydrogen-bond acceptors (Lipinski definition) is 4. The van der Waals surface area contributed by atoms with Gasteiger partial charge in [-0.25, -0.2) is 4.98 Å². The second kappa shape index (κ2) is 6.33. The number of aliphatic carboxylic acids is 1. The molecule has 0 spiro atoms. The lowest BCUT2D eigenvalue weighted by Crippen LogP contribution is -2.01. The number of carboxylic acid groups (broad SMARTS) is 1. The number of benzene rings is 1. The number of anilines is 1. The molecule has 2 rings (SSSR count). The number of carboxylic acids is 1. The molecule has 0 saturated carbocycles. The Morgan fingerprint density at radius 2 is 2.21 bits per heavy atom. The first-order chi connectivity index (χ1) is 9.15. The van der Waals surface area contributed by atoms with Crippen molar-refractivity contribution >= 4 is 22.4 Å². The molecule has 5 heteroatoms. The highest BCUT2D eigenvalue weighted by Gasteiger charge is 2.05. The van der Waals surface area contributed by atoms with Crippen molar-refractivity contribution in [1.82, 2.24) is 4.98 Å². The molecule has 19 heavy (non-hydrogen) atoms. The minimum absolute atomic E-state index is 0.126. The number of thiazole rings is 1. The molecule has 2 N–H and O–H groups in total. The highest BCUT2D eigenvalue weighted by atomic mass is 32.1. The van der Waals surface area contributed by atoms with Crippen LogP contribution in [0.3, 0.4) is 0 Å². The van der Waals surface area contributed by atoms with Crippen molar-refractivity contribution < 1.29 is 9.90 Å². The van der Waals surface area contributed by atoms with E-state index in [9.17, 15) is 4.79 Å². The normalized spacial score (nSPS) is 10.4. The van der Waals surface area contributed by atoms with Crippen LogP contribution in [0.2, 0.25) is 0 Å². The summed E-state index contributed by atoms with van der Waals surface area (Å²) in [6.45, 7) is 2.82. The van der Waals surface area contributed by atoms with E-state index in [1.807, 2.05) is 17.5 Å². The average molecular weight is 276 g/mol. The van der Waals surface area contributed by atoms with Gasteiger partial charge in [-0.3, -0.25) is 4.79 Å². The fourth-order valence-corrected chi connectivity index (χ4v) is 2.46. The van der Waals surface area contributed by atoms with E-state index in [1.54, 1.807) is 0 Å². The maximum Gasteiger partial charge on any atom is 0.303 e. The van der Waals surface area contributed by atoms with Gasteiger partial charge >= 0.3 is 5.97 Å². The summed E-state index contributed by atoms with van der Waals surface area (Å²) in [4.78, 5) is 14.9. The Bertz CT molecular complexity index is 566. The van der Waals surface area contributed by atoms with E-state index >= 15 is 0 Å². The van der Waals surface area contributed by atoms with Gasteiger partial charge in [0.25, 0.3) is 0 Å². The van der Waals surface area contributed by atoms with E-state index < -0.39 is 5.97 Å². The second-order valence-corrected chi connectivity index (χ2v) is 5.18. The van der Waals surface area contributed by atoms with E-state index in [0.717, 1.165) is 17.4 Å². The van der Waals surface area contributed by atoms with E-state index in [2.05, 4.69) is 29.4 Å². The van der Waals surface area contributed by atoms with Crippen LogP contribution in [-0.2, 0) is 17.8 Å². The van der Waals surface area contributed by atoms with Crippen LogP contribution in [0.1, 0.15) is 23.2 Å². The van der Waals surface area contributed by atoms with Gasteiger partial charge in [0.15, 0.2) is 5.13 Å². The molecule has 0 bridgehead atoms. The summed E-state index contributed by atoms with van der Waals surface area (Å²) in [5.41, 5.74) is 3.32. The van der Waals surface area contributed by atoms with Crippen LogP contribution in [0.15, 0.2) is 29.6 Å². The molecule has 0 saturated heterocycles. The van der Waals surface area contributed by atoms with Crippen LogP contribution >= 0.6 is 11.3 Å². The van der Waals surface area contributed by atoms with Crippen LogP contribution in [0.5, 0.6) is 0 Å². The highest BCUT2D eigenvalue weighted by Crippen LogP contribution is 2.18. The first-order valence-corrected chi connectivity index (χ1v) is 6.97. The van der Waals surface area contributed by atoms with Crippen LogP contribution < -0.4 is 5.32 Å². The molecule has 1 aromatic carbocycles. The van der Waals surface area contributed by atoms with Gasteiger partial charge in [-0.15, -0.1) is 11.3 Å². The molecule has 4 nitrogen and oxygen atoms in total. The van der Waals surface area contributed by atoms with E-state index in [4.69, 9.17) is 5.11 Å². The third kappa shape index (κ3) is 4.06. The van der Waals surface area contributed by atoms with Crippen LogP contribution in [0.25, 0.3) is 0 Å². The van der Waals surface area contributed by atoms with E-state index in [1.165, 1.54) is 22.5 Å². The number of hydrogen-bond donors (Lipinski definition) is 2. The fourth-order valence-electron chi connectivity index (χ4n) is 1.72. The van der Waals surface area contributed by atoms with Crippen molar-refractivity contribution in [2.45, 2.75) is 26.3 Å². The van der Waals surface area contributed by atoms with Gasteiger partial charge in [-0.05, 0) is 18.1 Å². The summed E-state index contributed by atoms with van der Waals surface area (Å²) in [5.74, 6) is -0.789. The van der Waals surface area contributed by atoms with Crippen LogP contribution in [0.4, 0.5) is 5.13 Å². The average Bonchev–Trinajstić information content (AvgIpc) is 2.83. The van der Waals surface area contributed by atoms with Crippen molar-refractivity contribution in [2.75, 3.05) is 5.32 Å². The van der Waals surface area contributed by atoms with Gasteiger partial charge < -0.3 is 10.4 Å². The maximum atomic E-state index is 10.5. The van der Waals surface area contributed by atoms with Crippen molar-refractivity contribution in [3.05, 3.63) is 46.5 Å². The van der Waals surface area contributed by atoms with Gasteiger partial charge in [0.1, 0.15) is 0 Å². The number of nitrogens with one attached hydrogen (secondary N) is 1. The van der Waals surface area contributed by atoms with Gasteiger partial charge in [0.2, 0.25) is 0 Å². The predicted molar refractivity (Wildman–Crippen MR) is 76.6 cm³/mol. The lowest BCUT2D eigenvalue weighted by Gasteiger charge is -2.05. The van der Waals surface area contributed by atoms with Crippen molar-refractivity contribution in [1.29, 1.82) is 0 Å². The smallest absolute Gasteiger partial charge is 0.303 e. The molecule has 0 atom stereocenters. The van der Waals surface area contributed by atoms with Gasteiger partial charge in [-0.2, -0.15) is 0 Å². The Labute approximate surface area is 116 Å². The minimum Gasteiger partial charge on any atom is -0.481 e. The van der Waals surface area contributed by atoms with E-state index in [-0.39, 0.29) is 6.42 Å². The third-order valence-electron chi connectivity index (χ3n) is 2.84. The Kier molecular flexibility index (Phi) is 4.52. The fraction of sp³-hybridized carbons (Fsp3) is 0.286. The number of nitrogens with zero attached hydrogens (tertiary/aromatic N) is 1. The first kappa shape index (κ1) is 13.5. The summed E-state index contributed by atoms with van der Waals surface area (Å²) in [5, 5.41) is 14.6. The van der Waals surface area contributed by atoms with Gasteiger partial charge in [-0.1, -0.05) is 24.3 Å². The number of aryl methyl sites for hydroxylation is 2. The van der Waals surface area contributed by atoms with Crippen molar-refractivity contribution in [2.24, 2.45) is 0 Å². The predicted octanol–water partition coefficient (Wildman–Crippen LogP) is 3.08. The number of aromatic nitrogens is 1. The SMILES string of the molecule is Cc1ccccc1CNc1nc(CCC(=O)O)cs1. The molecule has 0 unspecified atom stereocenters. The zero-order chi connectivity index (χ0) is 13.7. The van der Waals surface area contributed by atoms with Gasteiger partial charge in [0, 0.05) is 18.3 Å². The van der Waals surface area contributed by atoms with E-state index in [0.29, 0.717) is 6.42 Å². The Morgan fingerprint density at radius 3 is 2.95 bits per heavy atom. The molecule has 0 aliphatic rings. The lowest BCUT2D eigenvalue weighted by molar-refractivity contribution is -0.136. The second-order valence-electron chi connectivity index (χ2n) is 4.32. The maximum absolute atomic E-state index is 10.5. The molecule has 1 aromatic heterocycles. The topological polar surface area (TPSA) is 62.2 Å². The molecule has 0 radical (unpaired) electrons. The Hall–Kier alpha value is -1.88. The third-order valence-corrected chi connectivity index (χ3v) is 3.69. The molecule has 0 aliphatic heterocycles. The molecule has 0 aliphatic carbocycles. The lowest BCUT2D eigenvalue weighted by atomic mass is 10.1. The van der Waals surface area contributed by atoms with Crippen molar-refractivity contribution in [3.8, 4) is 0 Å². The molecule has 100 valence electrons. The molecule has 1 heterocycles. The monoisotopic (exact) mass is 276 g/mol. The van der Waals surface area contributed by atoms with Gasteiger partial charge in [0.05, 0.1) is 12.1 Å². The zero-order valence-electron chi connectivity index (χ0n) is 10.7. The summed E-state index contributed by atoms with van der Waals surface area (Å²) in [6.07, 6.45) is 0.610. The zero-order valence-corrected chi connectivity index (χ0v) is 11.5. The molecule has 0 fully saturated rings. The summed E-state index contributed by atoms with van der Waals surface area (Å²) in [6, 6.07) is 8.20. The van der Waals surface area contributed by atoms with Crippen LogP contribution in [-0.4, -0.2) is 16.1 Å². The summed E-state index contributed by atoms with van der Waals surface area (Å²) < 4.78 is 0. The standard InChI is InChI=1S/C14H16N2O2S/c1-10-4-2-3-5-11(10)8-15-14-16-12(9-19-14)6-7-13(17)18/h2-5,9H,6-8H2,1H3,(H,15,16)(H,17,18). The largest absolute Gasteiger partial charge is 0.481 e. The minimum atomic E-state index is -0.789. The molecular formula is C14H16N2O2S. The number of rotatable bonds is 6. The molecular weight excluding hydrogens is 260 g/mol. The number of carbonyl (C=O) groups is 1. The Morgan fingerprint density at radius 1 is 1.42 bits per heavy atom. The van der Waals surface area contributed by atoms with Crippen molar-refractivity contribution in [3.63, 3.8) is 0 Å². The quantitative estimate of drug-likeness (QED) is 0.851. The Balaban J connectivity index is 1.90. The molecule has 0 amide bonds. The van der Waals surface area contributed by atoms with Crippen LogP contribution in [0, 0.1) is 6.92 Å². The highest BCUT2D eigenvalue weighted by molar-refractivity contribution is 7.13. The first-order valence-electron chi connectivity index (χ1n) is 6.10. The molecule has 2 aromatic rings. The summed E-state index contributed by atoms with van der Waals surface area (Å²) >= 11 is 1.51.